The van der Waals surface area contributed by atoms with Crippen molar-refractivity contribution in [1.82, 2.24) is 4.57 Å². The fourth-order valence-electron chi connectivity index (χ4n) is 2.71. The first kappa shape index (κ1) is 17.5. The van der Waals surface area contributed by atoms with E-state index in [-0.39, 0.29) is 11.0 Å². The van der Waals surface area contributed by atoms with Crippen molar-refractivity contribution < 1.29 is 4.79 Å². The van der Waals surface area contributed by atoms with Gasteiger partial charge in [-0.3, -0.25) is 9.59 Å². The number of carbonyl (C=O) groups is 1. The van der Waals surface area contributed by atoms with Crippen LogP contribution in [0.4, 0.5) is 5.69 Å². The van der Waals surface area contributed by atoms with Crippen molar-refractivity contribution in [1.29, 1.82) is 0 Å². The van der Waals surface area contributed by atoms with E-state index in [1.165, 1.54) is 0 Å². The van der Waals surface area contributed by atoms with Crippen LogP contribution in [0.5, 0.6) is 0 Å². The van der Waals surface area contributed by atoms with Crippen LogP contribution in [0, 0.1) is 6.92 Å². The molecule has 0 bridgehead atoms. The number of amides is 1. The fraction of sp³-hybridized carbons (Fsp3) is 0.158. The molecule has 1 aromatic heterocycles. The molecule has 0 saturated carbocycles. The second-order valence-corrected chi connectivity index (χ2v) is 6.61. The summed E-state index contributed by atoms with van der Waals surface area (Å²) in [7, 11) is 0. The quantitative estimate of drug-likeness (QED) is 0.709. The van der Waals surface area contributed by atoms with E-state index >= 15 is 0 Å². The zero-order chi connectivity index (χ0) is 18.1. The van der Waals surface area contributed by atoms with Crippen LogP contribution in [0.15, 0.2) is 47.4 Å². The van der Waals surface area contributed by atoms with Gasteiger partial charge in [0.05, 0.1) is 5.52 Å². The van der Waals surface area contributed by atoms with E-state index in [4.69, 9.17) is 23.2 Å². The molecule has 0 radical (unpaired) electrons. The largest absolute Gasteiger partial charge is 0.347 e. The number of pyridine rings is 1. The lowest BCUT2D eigenvalue weighted by Gasteiger charge is -2.13. The van der Waals surface area contributed by atoms with Crippen LogP contribution in [-0.2, 0) is 6.54 Å². The fourth-order valence-corrected chi connectivity index (χ4v) is 3.06. The Balaban J connectivity index is 2.11. The van der Waals surface area contributed by atoms with Gasteiger partial charge in [0, 0.05) is 33.9 Å². The van der Waals surface area contributed by atoms with Gasteiger partial charge in [0.2, 0.25) is 5.43 Å². The summed E-state index contributed by atoms with van der Waals surface area (Å²) in [5.41, 5.74) is 1.89. The van der Waals surface area contributed by atoms with E-state index in [0.717, 1.165) is 11.1 Å². The number of nitrogens with one attached hydrogen (secondary N) is 1. The van der Waals surface area contributed by atoms with Crippen LogP contribution in [0.1, 0.15) is 22.8 Å². The third-order valence-electron chi connectivity index (χ3n) is 4.08. The molecule has 4 nitrogen and oxygen atoms in total. The summed E-state index contributed by atoms with van der Waals surface area (Å²) in [6.07, 6.45) is 1.58. The Morgan fingerprint density at radius 2 is 1.80 bits per heavy atom. The lowest BCUT2D eigenvalue weighted by atomic mass is 10.1. The first-order valence-corrected chi connectivity index (χ1v) is 8.56. The number of hydrogen-bond donors (Lipinski definition) is 1. The summed E-state index contributed by atoms with van der Waals surface area (Å²) in [4.78, 5) is 25.5. The molecule has 0 aliphatic carbocycles. The first-order valence-electron chi connectivity index (χ1n) is 7.81. The molecule has 1 N–H and O–H groups in total. The minimum absolute atomic E-state index is 0.0657. The summed E-state index contributed by atoms with van der Waals surface area (Å²) >= 11 is 12.0. The van der Waals surface area contributed by atoms with Gasteiger partial charge in [0.15, 0.2) is 0 Å². The van der Waals surface area contributed by atoms with Gasteiger partial charge in [0.25, 0.3) is 5.91 Å². The predicted molar refractivity (Wildman–Crippen MR) is 103 cm³/mol. The van der Waals surface area contributed by atoms with Crippen LogP contribution < -0.4 is 10.7 Å². The van der Waals surface area contributed by atoms with Gasteiger partial charge in [-0.15, -0.1) is 0 Å². The molecule has 0 atom stereocenters. The molecule has 0 unspecified atom stereocenters. The van der Waals surface area contributed by atoms with Gasteiger partial charge in [0.1, 0.15) is 5.56 Å². The predicted octanol–water partition coefficient (Wildman–Crippen LogP) is 4.89. The number of halogens is 2. The summed E-state index contributed by atoms with van der Waals surface area (Å²) in [6, 6.07) is 10.3. The SMILES string of the molecule is CCn1cc(C(=O)Nc2cc(Cl)ccc2C)c(=O)c2cc(Cl)ccc21. The minimum atomic E-state index is -0.473. The van der Waals surface area contributed by atoms with Crippen molar-refractivity contribution in [2.75, 3.05) is 5.32 Å². The molecule has 1 heterocycles. The second-order valence-electron chi connectivity index (χ2n) is 5.73. The summed E-state index contributed by atoms with van der Waals surface area (Å²) < 4.78 is 1.85. The molecule has 1 amide bonds. The van der Waals surface area contributed by atoms with E-state index < -0.39 is 5.91 Å². The third kappa shape index (κ3) is 3.41. The van der Waals surface area contributed by atoms with Crippen LogP contribution in [0.3, 0.4) is 0 Å². The number of anilines is 1. The van der Waals surface area contributed by atoms with Crippen LogP contribution >= 0.6 is 23.2 Å². The molecule has 0 aliphatic rings. The van der Waals surface area contributed by atoms with E-state index in [9.17, 15) is 9.59 Å². The van der Waals surface area contributed by atoms with Gasteiger partial charge in [-0.05, 0) is 49.7 Å². The Morgan fingerprint density at radius 1 is 1.12 bits per heavy atom. The smallest absolute Gasteiger partial charge is 0.261 e. The first-order chi connectivity index (χ1) is 11.9. The number of carbonyl (C=O) groups excluding carboxylic acids is 1. The van der Waals surface area contributed by atoms with Crippen LogP contribution in [0.25, 0.3) is 10.9 Å². The lowest BCUT2D eigenvalue weighted by Crippen LogP contribution is -2.24. The summed E-state index contributed by atoms with van der Waals surface area (Å²) in [6.45, 7) is 4.42. The molecule has 3 rings (SSSR count). The van der Waals surface area contributed by atoms with E-state index in [0.29, 0.717) is 27.7 Å². The number of aryl methyl sites for hydroxylation is 2. The molecule has 2 aromatic carbocycles. The molecule has 0 fully saturated rings. The Bertz CT molecular complexity index is 1040. The summed E-state index contributed by atoms with van der Waals surface area (Å²) in [5.74, 6) is -0.473. The molecule has 0 saturated heterocycles. The molecule has 0 aliphatic heterocycles. The number of rotatable bonds is 3. The number of benzene rings is 2. The normalized spacial score (nSPS) is 10.9. The average Bonchev–Trinajstić information content (AvgIpc) is 2.58. The molecular weight excluding hydrogens is 359 g/mol. The van der Waals surface area contributed by atoms with Crippen molar-refractivity contribution in [3.05, 3.63) is 74.0 Å². The topological polar surface area (TPSA) is 51.1 Å². The Labute approximate surface area is 155 Å². The maximum atomic E-state index is 12.8. The number of fused-ring (bicyclic) bond motifs is 1. The van der Waals surface area contributed by atoms with Gasteiger partial charge in [-0.1, -0.05) is 29.3 Å². The standard InChI is InChI=1S/C19H16Cl2N2O2/c1-3-23-10-15(18(24)14-8-12(20)6-7-17(14)23)19(25)22-16-9-13(21)5-4-11(16)2/h4-10H,3H2,1-2H3,(H,22,25). The maximum Gasteiger partial charge on any atom is 0.261 e. The molecule has 6 heteroatoms. The average molecular weight is 375 g/mol. The van der Waals surface area contributed by atoms with E-state index in [2.05, 4.69) is 5.32 Å². The Hall–Kier alpha value is -2.30. The van der Waals surface area contributed by atoms with Gasteiger partial charge in [-0.2, -0.15) is 0 Å². The van der Waals surface area contributed by atoms with Crippen LogP contribution in [0.2, 0.25) is 10.0 Å². The Morgan fingerprint density at radius 3 is 2.52 bits per heavy atom. The Kier molecular flexibility index (Phi) is 4.84. The van der Waals surface area contributed by atoms with E-state index in [1.54, 1.807) is 36.5 Å². The highest BCUT2D eigenvalue weighted by atomic mass is 35.5. The highest BCUT2D eigenvalue weighted by Crippen LogP contribution is 2.22. The molecule has 0 spiro atoms. The van der Waals surface area contributed by atoms with Gasteiger partial charge >= 0.3 is 0 Å². The zero-order valence-corrected chi connectivity index (χ0v) is 15.3. The van der Waals surface area contributed by atoms with Crippen molar-refractivity contribution in [2.24, 2.45) is 0 Å². The molecule has 25 heavy (non-hydrogen) atoms. The van der Waals surface area contributed by atoms with Crippen LogP contribution in [-0.4, -0.2) is 10.5 Å². The number of nitrogens with zero attached hydrogens (tertiary/aromatic N) is 1. The summed E-state index contributed by atoms with van der Waals surface area (Å²) in [5, 5.41) is 4.16. The number of hydrogen-bond acceptors (Lipinski definition) is 2. The van der Waals surface area contributed by atoms with Crippen molar-refractivity contribution in [2.45, 2.75) is 20.4 Å². The van der Waals surface area contributed by atoms with Gasteiger partial charge in [-0.25, -0.2) is 0 Å². The van der Waals surface area contributed by atoms with Crippen molar-refractivity contribution in [3.63, 3.8) is 0 Å². The zero-order valence-electron chi connectivity index (χ0n) is 13.8. The van der Waals surface area contributed by atoms with Crippen molar-refractivity contribution >= 4 is 45.7 Å². The molecule has 3 aromatic rings. The highest BCUT2D eigenvalue weighted by Gasteiger charge is 2.16. The number of aromatic nitrogens is 1. The highest BCUT2D eigenvalue weighted by molar-refractivity contribution is 6.31. The molecule has 128 valence electrons. The van der Waals surface area contributed by atoms with Gasteiger partial charge < -0.3 is 9.88 Å². The lowest BCUT2D eigenvalue weighted by molar-refractivity contribution is 0.102. The maximum absolute atomic E-state index is 12.8. The van der Waals surface area contributed by atoms with E-state index in [1.807, 2.05) is 24.5 Å². The van der Waals surface area contributed by atoms with Crippen molar-refractivity contribution in [3.8, 4) is 0 Å². The minimum Gasteiger partial charge on any atom is -0.347 e. The molecular formula is C19H16Cl2N2O2. The second kappa shape index (κ2) is 6.90. The monoisotopic (exact) mass is 374 g/mol. The third-order valence-corrected chi connectivity index (χ3v) is 4.55.